The van der Waals surface area contributed by atoms with Crippen molar-refractivity contribution in [2.45, 2.75) is 18.9 Å². The van der Waals surface area contributed by atoms with Gasteiger partial charge < -0.3 is 10.2 Å². The number of nitrogens with one attached hydrogen (secondary N) is 1. The molecule has 0 spiro atoms. The van der Waals surface area contributed by atoms with Gasteiger partial charge in [0.2, 0.25) is 0 Å². The summed E-state index contributed by atoms with van der Waals surface area (Å²) in [4.78, 5) is 18.2. The first-order valence-electron chi connectivity index (χ1n) is 6.37. The summed E-state index contributed by atoms with van der Waals surface area (Å²) in [5, 5.41) is 2.80. The zero-order chi connectivity index (χ0) is 15.0. The summed E-state index contributed by atoms with van der Waals surface area (Å²) < 4.78 is 23.0. The van der Waals surface area contributed by atoms with Gasteiger partial charge in [-0.05, 0) is 25.5 Å². The van der Waals surface area contributed by atoms with Crippen LogP contribution >= 0.6 is 0 Å². The van der Waals surface area contributed by atoms with Crippen molar-refractivity contribution in [2.75, 3.05) is 30.5 Å². The van der Waals surface area contributed by atoms with E-state index in [9.17, 15) is 13.2 Å². The number of hydrogen-bond donors (Lipinski definition) is 1. The zero-order valence-corrected chi connectivity index (χ0v) is 12.7. The van der Waals surface area contributed by atoms with Crippen molar-refractivity contribution < 1.29 is 13.2 Å². The Labute approximate surface area is 119 Å². The molecular weight excluding hydrogens is 278 g/mol. The number of aromatic nitrogens is 1. The third-order valence-corrected chi connectivity index (χ3v) is 5.29. The van der Waals surface area contributed by atoms with Gasteiger partial charge in [0.1, 0.15) is 5.82 Å². The summed E-state index contributed by atoms with van der Waals surface area (Å²) in [6, 6.07) is 3.44. The van der Waals surface area contributed by atoms with Gasteiger partial charge >= 0.3 is 0 Å². The van der Waals surface area contributed by atoms with Crippen molar-refractivity contribution in [1.82, 2.24) is 10.3 Å². The second-order valence-corrected chi connectivity index (χ2v) is 7.84. The third kappa shape index (κ3) is 3.27. The normalized spacial score (nSPS) is 24.4. The second-order valence-electron chi connectivity index (χ2n) is 5.66. The number of pyridine rings is 1. The van der Waals surface area contributed by atoms with Crippen LogP contribution in [0.2, 0.25) is 0 Å². The average molecular weight is 297 g/mol. The molecule has 1 amide bonds. The number of anilines is 1. The van der Waals surface area contributed by atoms with Crippen LogP contribution < -0.4 is 10.2 Å². The summed E-state index contributed by atoms with van der Waals surface area (Å²) in [5.41, 5.74) is -0.253. The lowest BCUT2D eigenvalue weighted by atomic mass is 10.0. The quantitative estimate of drug-likeness (QED) is 0.876. The lowest BCUT2D eigenvalue weighted by molar-refractivity contribution is 0.0915. The van der Waals surface area contributed by atoms with Gasteiger partial charge in [-0.25, -0.2) is 13.4 Å². The molecule has 1 aromatic rings. The van der Waals surface area contributed by atoms with Gasteiger partial charge in [0.25, 0.3) is 5.91 Å². The molecule has 0 saturated carbocycles. The first-order valence-corrected chi connectivity index (χ1v) is 8.19. The van der Waals surface area contributed by atoms with E-state index in [0.29, 0.717) is 12.0 Å². The second kappa shape index (κ2) is 5.05. The van der Waals surface area contributed by atoms with Gasteiger partial charge in [-0.2, -0.15) is 0 Å². The van der Waals surface area contributed by atoms with Crippen LogP contribution in [-0.4, -0.2) is 50.4 Å². The van der Waals surface area contributed by atoms with E-state index >= 15 is 0 Å². The van der Waals surface area contributed by atoms with Crippen molar-refractivity contribution in [3.8, 4) is 0 Å². The Morgan fingerprint density at radius 1 is 1.40 bits per heavy atom. The van der Waals surface area contributed by atoms with Crippen LogP contribution in [0.5, 0.6) is 0 Å². The summed E-state index contributed by atoms with van der Waals surface area (Å²) in [5.74, 6) is 0.593. The fourth-order valence-corrected chi connectivity index (χ4v) is 4.33. The Balaban J connectivity index is 2.09. The number of nitrogens with zero attached hydrogens (tertiary/aromatic N) is 2. The number of rotatable bonds is 3. The summed E-state index contributed by atoms with van der Waals surface area (Å²) in [6.45, 7) is 1.76. The van der Waals surface area contributed by atoms with Crippen LogP contribution in [0.15, 0.2) is 18.3 Å². The zero-order valence-electron chi connectivity index (χ0n) is 11.9. The predicted molar refractivity (Wildman–Crippen MR) is 77.7 cm³/mol. The Bertz CT molecular complexity index is 610. The van der Waals surface area contributed by atoms with Crippen molar-refractivity contribution in [2.24, 2.45) is 0 Å². The maximum Gasteiger partial charge on any atom is 0.253 e. The Morgan fingerprint density at radius 2 is 2.10 bits per heavy atom. The predicted octanol–water partition coefficient (Wildman–Crippen LogP) is 0.455. The van der Waals surface area contributed by atoms with Crippen LogP contribution in [-0.2, 0) is 9.84 Å². The van der Waals surface area contributed by atoms with Crippen molar-refractivity contribution in [3.05, 3.63) is 23.9 Å². The molecule has 0 radical (unpaired) electrons. The minimum atomic E-state index is -3.04. The Morgan fingerprint density at radius 3 is 2.55 bits per heavy atom. The number of carbonyl (C=O) groups excluding carboxylic acids is 1. The van der Waals surface area contributed by atoms with E-state index in [1.54, 1.807) is 19.1 Å². The Kier molecular flexibility index (Phi) is 3.73. The van der Waals surface area contributed by atoms with E-state index in [1.165, 1.54) is 6.20 Å². The van der Waals surface area contributed by atoms with Crippen molar-refractivity contribution in [1.29, 1.82) is 0 Å². The Hall–Kier alpha value is -1.63. The molecule has 1 unspecified atom stereocenters. The van der Waals surface area contributed by atoms with E-state index in [0.717, 1.165) is 5.82 Å². The van der Waals surface area contributed by atoms with Crippen LogP contribution in [0, 0.1) is 0 Å². The molecule has 2 heterocycles. The third-order valence-electron chi connectivity index (χ3n) is 3.39. The highest BCUT2D eigenvalue weighted by Crippen LogP contribution is 2.23. The van der Waals surface area contributed by atoms with Crippen LogP contribution in [0.4, 0.5) is 5.82 Å². The number of amides is 1. The molecule has 1 fully saturated rings. The molecule has 1 saturated heterocycles. The van der Waals surface area contributed by atoms with Gasteiger partial charge in [0, 0.05) is 20.3 Å². The highest BCUT2D eigenvalue weighted by molar-refractivity contribution is 7.91. The number of carbonyl (C=O) groups is 1. The molecule has 0 bridgehead atoms. The molecule has 1 aliphatic heterocycles. The van der Waals surface area contributed by atoms with E-state index in [-0.39, 0.29) is 17.4 Å². The molecule has 1 aromatic heterocycles. The van der Waals surface area contributed by atoms with Crippen molar-refractivity contribution >= 4 is 21.6 Å². The highest BCUT2D eigenvalue weighted by atomic mass is 32.2. The lowest BCUT2D eigenvalue weighted by Gasteiger charge is -2.23. The van der Waals surface area contributed by atoms with Gasteiger partial charge in [0.15, 0.2) is 9.84 Å². The van der Waals surface area contributed by atoms with Crippen LogP contribution in [0.1, 0.15) is 23.7 Å². The molecule has 1 N–H and O–H groups in total. The monoisotopic (exact) mass is 297 g/mol. The molecular formula is C13H19N3O3S. The molecule has 1 aliphatic rings. The summed E-state index contributed by atoms with van der Waals surface area (Å²) in [6.07, 6.45) is 1.95. The highest BCUT2D eigenvalue weighted by Gasteiger charge is 2.39. The topological polar surface area (TPSA) is 79.4 Å². The molecule has 6 nitrogen and oxygen atoms in total. The van der Waals surface area contributed by atoms with E-state index in [2.05, 4.69) is 10.3 Å². The van der Waals surface area contributed by atoms with Gasteiger partial charge in [0.05, 0.1) is 22.6 Å². The van der Waals surface area contributed by atoms with E-state index in [1.807, 2.05) is 19.0 Å². The maximum atomic E-state index is 12.1. The molecule has 0 aromatic carbocycles. The van der Waals surface area contributed by atoms with Gasteiger partial charge in [-0.1, -0.05) is 0 Å². The van der Waals surface area contributed by atoms with Crippen molar-refractivity contribution in [3.63, 3.8) is 0 Å². The molecule has 7 heteroatoms. The number of sulfone groups is 1. The van der Waals surface area contributed by atoms with Crippen LogP contribution in [0.3, 0.4) is 0 Å². The molecule has 110 valence electrons. The average Bonchev–Trinajstić information content (AvgIpc) is 2.63. The smallest absolute Gasteiger partial charge is 0.253 e. The van der Waals surface area contributed by atoms with Crippen LogP contribution in [0.25, 0.3) is 0 Å². The number of hydrogen-bond acceptors (Lipinski definition) is 5. The fourth-order valence-electron chi connectivity index (χ4n) is 2.24. The summed E-state index contributed by atoms with van der Waals surface area (Å²) >= 11 is 0. The standard InChI is InChI=1S/C13H19N3O3S/c1-13(6-7-20(18,19)9-13)15-12(17)10-4-5-11(14-8-10)16(2)3/h4-5,8H,6-7,9H2,1-3H3,(H,15,17). The first kappa shape index (κ1) is 14.8. The summed E-state index contributed by atoms with van der Waals surface area (Å²) in [7, 11) is 0.698. The SMILES string of the molecule is CN(C)c1ccc(C(=O)NC2(C)CCS(=O)(=O)C2)cn1. The lowest BCUT2D eigenvalue weighted by Crippen LogP contribution is -2.46. The molecule has 1 atom stereocenters. The van der Waals surface area contributed by atoms with E-state index in [4.69, 9.17) is 0 Å². The van der Waals surface area contributed by atoms with E-state index < -0.39 is 15.4 Å². The molecule has 0 aliphatic carbocycles. The molecule has 20 heavy (non-hydrogen) atoms. The molecule has 2 rings (SSSR count). The van der Waals surface area contributed by atoms with Gasteiger partial charge in [-0.15, -0.1) is 0 Å². The maximum absolute atomic E-state index is 12.1. The fraction of sp³-hybridized carbons (Fsp3) is 0.538. The minimum absolute atomic E-state index is 0.00501. The largest absolute Gasteiger partial charge is 0.363 e. The van der Waals surface area contributed by atoms with Gasteiger partial charge in [-0.3, -0.25) is 4.79 Å². The minimum Gasteiger partial charge on any atom is -0.363 e. The first-order chi connectivity index (χ1) is 9.21.